The molecule has 4 aromatic rings. The minimum absolute atomic E-state index is 0.251. The number of aromatic nitrogens is 2. The molecule has 1 amide bonds. The number of anilines is 1. The largest absolute Gasteiger partial charge is 0.322 e. The second kappa shape index (κ2) is 7.17. The highest BCUT2D eigenvalue weighted by molar-refractivity contribution is 6.31. The molecule has 1 heterocycles. The van der Waals surface area contributed by atoms with E-state index in [-0.39, 0.29) is 5.91 Å². The zero-order chi connectivity index (χ0) is 18.8. The Morgan fingerprint density at radius 3 is 2.48 bits per heavy atom. The molecule has 5 heteroatoms. The summed E-state index contributed by atoms with van der Waals surface area (Å²) in [5.41, 5.74) is 4.32. The molecule has 27 heavy (non-hydrogen) atoms. The van der Waals surface area contributed by atoms with E-state index in [1.165, 1.54) is 0 Å². The summed E-state index contributed by atoms with van der Waals surface area (Å²) in [6.45, 7) is 2.02. The summed E-state index contributed by atoms with van der Waals surface area (Å²) in [5, 5.41) is 12.9. The van der Waals surface area contributed by atoms with Crippen LogP contribution in [0.3, 0.4) is 0 Å². The van der Waals surface area contributed by atoms with Crippen molar-refractivity contribution in [3.05, 3.63) is 88.9 Å². The van der Waals surface area contributed by atoms with Crippen molar-refractivity contribution in [1.82, 2.24) is 10.2 Å². The van der Waals surface area contributed by atoms with Crippen LogP contribution < -0.4 is 5.32 Å². The fourth-order valence-corrected chi connectivity index (χ4v) is 3.15. The van der Waals surface area contributed by atoms with Gasteiger partial charge >= 0.3 is 0 Å². The van der Waals surface area contributed by atoms with Crippen molar-refractivity contribution in [2.75, 3.05) is 5.32 Å². The van der Waals surface area contributed by atoms with E-state index < -0.39 is 0 Å². The summed E-state index contributed by atoms with van der Waals surface area (Å²) in [4.78, 5) is 13.2. The highest BCUT2D eigenvalue weighted by Gasteiger charge is 2.19. The number of hydrogen-bond donors (Lipinski definition) is 1. The standard InChI is InChI=1S/C22H16ClN3O/c1-14-9-11-15(12-10-14)21-20(18-7-2-3-8-19(18)25-26-21)22(27)24-17-6-4-5-16(23)13-17/h2-13H,1H3,(H,24,27). The van der Waals surface area contributed by atoms with Gasteiger partial charge in [-0.1, -0.05) is 65.7 Å². The molecule has 1 aromatic heterocycles. The average molecular weight is 374 g/mol. The predicted octanol–water partition coefficient (Wildman–Crippen LogP) is 5.51. The number of halogens is 1. The molecule has 0 bridgehead atoms. The molecule has 132 valence electrons. The van der Waals surface area contributed by atoms with Crippen LogP contribution in [-0.2, 0) is 0 Å². The Balaban J connectivity index is 1.87. The van der Waals surface area contributed by atoms with Crippen molar-refractivity contribution < 1.29 is 4.79 Å². The maximum Gasteiger partial charge on any atom is 0.258 e. The lowest BCUT2D eigenvalue weighted by atomic mass is 10.0. The molecule has 0 spiro atoms. The quantitative estimate of drug-likeness (QED) is 0.515. The number of hydrogen-bond acceptors (Lipinski definition) is 3. The molecule has 0 unspecified atom stereocenters. The van der Waals surface area contributed by atoms with Gasteiger partial charge in [0.1, 0.15) is 5.69 Å². The van der Waals surface area contributed by atoms with Crippen molar-refractivity contribution in [1.29, 1.82) is 0 Å². The first-order valence-electron chi connectivity index (χ1n) is 8.51. The Kier molecular flexibility index (Phi) is 4.57. The van der Waals surface area contributed by atoms with E-state index in [4.69, 9.17) is 11.6 Å². The van der Waals surface area contributed by atoms with Crippen LogP contribution in [0.25, 0.3) is 22.2 Å². The third kappa shape index (κ3) is 3.52. The molecule has 0 aliphatic heterocycles. The highest BCUT2D eigenvalue weighted by Crippen LogP contribution is 2.28. The number of aryl methyl sites for hydroxylation is 1. The third-order valence-electron chi connectivity index (χ3n) is 4.30. The van der Waals surface area contributed by atoms with Crippen molar-refractivity contribution in [3.8, 4) is 11.3 Å². The smallest absolute Gasteiger partial charge is 0.258 e. The number of amides is 1. The average Bonchev–Trinajstić information content (AvgIpc) is 2.67. The lowest BCUT2D eigenvalue weighted by Crippen LogP contribution is -2.15. The number of nitrogens with zero attached hydrogens (tertiary/aromatic N) is 2. The SMILES string of the molecule is Cc1ccc(-c2nnc3ccccc3c2C(=O)Nc2cccc(Cl)c2)cc1. The van der Waals surface area contributed by atoms with Gasteiger partial charge in [0, 0.05) is 21.7 Å². The van der Waals surface area contributed by atoms with Gasteiger partial charge < -0.3 is 5.32 Å². The van der Waals surface area contributed by atoms with Crippen LogP contribution in [-0.4, -0.2) is 16.1 Å². The molecule has 4 nitrogen and oxygen atoms in total. The summed E-state index contributed by atoms with van der Waals surface area (Å²) in [6.07, 6.45) is 0. The second-order valence-corrected chi connectivity index (χ2v) is 6.71. The van der Waals surface area contributed by atoms with Crippen LogP contribution in [0, 0.1) is 6.92 Å². The van der Waals surface area contributed by atoms with Crippen LogP contribution in [0.15, 0.2) is 72.8 Å². The Morgan fingerprint density at radius 1 is 0.926 bits per heavy atom. The first kappa shape index (κ1) is 17.2. The number of nitrogens with one attached hydrogen (secondary N) is 1. The van der Waals surface area contributed by atoms with Crippen molar-refractivity contribution in [3.63, 3.8) is 0 Å². The van der Waals surface area contributed by atoms with E-state index in [0.717, 1.165) is 16.5 Å². The van der Waals surface area contributed by atoms with E-state index in [1.54, 1.807) is 24.3 Å². The van der Waals surface area contributed by atoms with Crippen LogP contribution >= 0.6 is 11.6 Å². The third-order valence-corrected chi connectivity index (χ3v) is 4.54. The van der Waals surface area contributed by atoms with Crippen LogP contribution in [0.1, 0.15) is 15.9 Å². The molecule has 0 saturated heterocycles. The monoisotopic (exact) mass is 373 g/mol. The molecule has 1 N–H and O–H groups in total. The topological polar surface area (TPSA) is 54.9 Å². The van der Waals surface area contributed by atoms with E-state index in [2.05, 4.69) is 15.5 Å². The van der Waals surface area contributed by atoms with Gasteiger partial charge in [-0.25, -0.2) is 0 Å². The number of fused-ring (bicyclic) bond motifs is 1. The van der Waals surface area contributed by atoms with Gasteiger partial charge in [0.2, 0.25) is 0 Å². The molecule has 0 aliphatic rings. The molecule has 0 atom stereocenters. The maximum atomic E-state index is 13.2. The van der Waals surface area contributed by atoms with Crippen molar-refractivity contribution in [2.45, 2.75) is 6.92 Å². The van der Waals surface area contributed by atoms with Gasteiger partial charge in [0.05, 0.1) is 11.1 Å². The summed E-state index contributed by atoms with van der Waals surface area (Å²) < 4.78 is 0. The van der Waals surface area contributed by atoms with E-state index >= 15 is 0 Å². The molecule has 0 radical (unpaired) electrons. The minimum atomic E-state index is -0.251. The van der Waals surface area contributed by atoms with Gasteiger partial charge in [-0.15, -0.1) is 10.2 Å². The molecule has 0 fully saturated rings. The molecule has 3 aromatic carbocycles. The lowest BCUT2D eigenvalue weighted by molar-refractivity contribution is 0.102. The number of rotatable bonds is 3. The molecule has 4 rings (SSSR count). The van der Waals surface area contributed by atoms with Crippen molar-refractivity contribution in [2.24, 2.45) is 0 Å². The highest BCUT2D eigenvalue weighted by atomic mass is 35.5. The summed E-state index contributed by atoms with van der Waals surface area (Å²) >= 11 is 6.04. The van der Waals surface area contributed by atoms with Crippen molar-refractivity contribution >= 4 is 34.1 Å². The van der Waals surface area contributed by atoms with Gasteiger partial charge in [-0.3, -0.25) is 4.79 Å². The van der Waals surface area contributed by atoms with Gasteiger partial charge in [0.25, 0.3) is 5.91 Å². The zero-order valence-corrected chi connectivity index (χ0v) is 15.4. The Bertz CT molecular complexity index is 1140. The van der Waals surface area contributed by atoms with Gasteiger partial charge in [0.15, 0.2) is 0 Å². The van der Waals surface area contributed by atoms with E-state index in [1.807, 2.05) is 55.5 Å². The number of carbonyl (C=O) groups is 1. The maximum absolute atomic E-state index is 13.2. The molecule has 0 aliphatic carbocycles. The van der Waals surface area contributed by atoms with Crippen LogP contribution in [0.2, 0.25) is 5.02 Å². The fraction of sp³-hybridized carbons (Fsp3) is 0.0455. The molecular formula is C22H16ClN3O. The van der Waals surface area contributed by atoms with E-state index in [0.29, 0.717) is 27.5 Å². The summed E-state index contributed by atoms with van der Waals surface area (Å²) in [5.74, 6) is -0.251. The normalized spacial score (nSPS) is 10.7. The first-order chi connectivity index (χ1) is 13.1. The Morgan fingerprint density at radius 2 is 1.70 bits per heavy atom. The van der Waals surface area contributed by atoms with Gasteiger partial charge in [-0.05, 0) is 31.2 Å². The minimum Gasteiger partial charge on any atom is -0.322 e. The molecule has 0 saturated carbocycles. The fourth-order valence-electron chi connectivity index (χ4n) is 2.96. The van der Waals surface area contributed by atoms with Crippen LogP contribution in [0.4, 0.5) is 5.69 Å². The van der Waals surface area contributed by atoms with E-state index in [9.17, 15) is 4.79 Å². The number of carbonyl (C=O) groups excluding carboxylic acids is 1. The summed E-state index contributed by atoms with van der Waals surface area (Å²) in [7, 11) is 0. The zero-order valence-electron chi connectivity index (χ0n) is 14.6. The van der Waals surface area contributed by atoms with Gasteiger partial charge in [-0.2, -0.15) is 0 Å². The predicted molar refractivity (Wildman–Crippen MR) is 109 cm³/mol. The Hall–Kier alpha value is -3.24. The summed E-state index contributed by atoms with van der Waals surface area (Å²) in [6, 6.07) is 22.4. The van der Waals surface area contributed by atoms with Crippen LogP contribution in [0.5, 0.6) is 0 Å². The second-order valence-electron chi connectivity index (χ2n) is 6.27. The molecular weight excluding hydrogens is 358 g/mol. The first-order valence-corrected chi connectivity index (χ1v) is 8.89. The lowest BCUT2D eigenvalue weighted by Gasteiger charge is -2.12. The Labute approximate surface area is 161 Å². The number of benzene rings is 3.